The molecule has 1 fully saturated rings. The molecule has 0 radical (unpaired) electrons. The zero-order chi connectivity index (χ0) is 16.4. The highest BCUT2D eigenvalue weighted by molar-refractivity contribution is 5.99. The second-order valence-corrected chi connectivity index (χ2v) is 6.24. The molecule has 1 aromatic rings. The molecule has 124 valence electrons. The van der Waals surface area contributed by atoms with Crippen LogP contribution in [0.1, 0.15) is 26.2 Å². The lowest BCUT2D eigenvalue weighted by Gasteiger charge is -2.33. The molecule has 2 aliphatic heterocycles. The van der Waals surface area contributed by atoms with Crippen LogP contribution in [0.3, 0.4) is 0 Å². The lowest BCUT2D eigenvalue weighted by Crippen LogP contribution is -2.55. The highest BCUT2D eigenvalue weighted by Crippen LogP contribution is 2.19. The maximum Gasteiger partial charge on any atom is 0.318 e. The largest absolute Gasteiger partial charge is 0.326 e. The molecule has 0 unspecified atom stereocenters. The van der Waals surface area contributed by atoms with E-state index in [2.05, 4.69) is 16.5 Å². The molecule has 7 nitrogen and oxygen atoms in total. The van der Waals surface area contributed by atoms with Crippen LogP contribution in [0.2, 0.25) is 0 Å². The Balaban J connectivity index is 1.64. The van der Waals surface area contributed by atoms with Crippen molar-refractivity contribution in [3.8, 4) is 0 Å². The fourth-order valence-electron chi connectivity index (χ4n) is 3.11. The molecule has 0 aromatic carbocycles. The number of aromatic nitrogens is 2. The Hall–Kier alpha value is -2.31. The molecule has 7 heteroatoms. The molecule has 23 heavy (non-hydrogen) atoms. The highest BCUT2D eigenvalue weighted by Gasteiger charge is 2.32. The number of urea groups is 1. The SMILES string of the molecule is CC1=CCCN(C(=O)N[C@H]2CCCN(c3ccn(C)n3)C2=O)C1. The number of nitrogens with zero attached hydrogens (tertiary/aromatic N) is 4. The minimum absolute atomic E-state index is 0.0763. The van der Waals surface area contributed by atoms with Crippen LogP contribution in [0.4, 0.5) is 10.6 Å². The van der Waals surface area contributed by atoms with Gasteiger partial charge in [-0.05, 0) is 26.2 Å². The summed E-state index contributed by atoms with van der Waals surface area (Å²) in [6.07, 6.45) is 6.37. The second kappa shape index (κ2) is 6.44. The molecule has 0 spiro atoms. The molecular weight excluding hydrogens is 294 g/mol. The third kappa shape index (κ3) is 3.38. The first-order valence-corrected chi connectivity index (χ1v) is 8.06. The normalized spacial score (nSPS) is 22.1. The van der Waals surface area contributed by atoms with E-state index in [1.165, 1.54) is 5.57 Å². The number of nitrogens with one attached hydrogen (secondary N) is 1. The molecule has 1 aromatic heterocycles. The summed E-state index contributed by atoms with van der Waals surface area (Å²) in [6.45, 7) is 4.01. The molecule has 1 N–H and O–H groups in total. The summed E-state index contributed by atoms with van der Waals surface area (Å²) in [5.74, 6) is 0.570. The summed E-state index contributed by atoms with van der Waals surface area (Å²) in [5.41, 5.74) is 1.19. The molecule has 1 saturated heterocycles. The number of piperidine rings is 1. The fourth-order valence-corrected chi connectivity index (χ4v) is 3.11. The Morgan fingerprint density at radius 2 is 2.22 bits per heavy atom. The van der Waals surface area contributed by atoms with Crippen molar-refractivity contribution in [2.45, 2.75) is 32.2 Å². The van der Waals surface area contributed by atoms with Gasteiger partial charge in [-0.25, -0.2) is 4.79 Å². The van der Waals surface area contributed by atoms with E-state index in [4.69, 9.17) is 0 Å². The first-order valence-electron chi connectivity index (χ1n) is 8.06. The molecule has 0 aliphatic carbocycles. The van der Waals surface area contributed by atoms with E-state index in [1.807, 2.05) is 26.2 Å². The monoisotopic (exact) mass is 317 g/mol. The van der Waals surface area contributed by atoms with Gasteiger partial charge in [0.25, 0.3) is 5.91 Å². The number of hydrogen-bond acceptors (Lipinski definition) is 3. The third-order valence-corrected chi connectivity index (χ3v) is 4.33. The molecule has 1 atom stereocenters. The van der Waals surface area contributed by atoms with E-state index < -0.39 is 6.04 Å². The molecule has 2 aliphatic rings. The van der Waals surface area contributed by atoms with Crippen molar-refractivity contribution in [2.75, 3.05) is 24.5 Å². The third-order valence-electron chi connectivity index (χ3n) is 4.33. The Labute approximate surface area is 135 Å². The van der Waals surface area contributed by atoms with E-state index in [9.17, 15) is 9.59 Å². The smallest absolute Gasteiger partial charge is 0.318 e. The van der Waals surface area contributed by atoms with Gasteiger partial charge in [0.2, 0.25) is 0 Å². The maximum absolute atomic E-state index is 12.6. The first-order chi connectivity index (χ1) is 11.0. The molecule has 0 bridgehead atoms. The van der Waals surface area contributed by atoms with E-state index in [0.29, 0.717) is 31.9 Å². The predicted molar refractivity (Wildman–Crippen MR) is 87.1 cm³/mol. The van der Waals surface area contributed by atoms with Gasteiger partial charge in [-0.1, -0.05) is 11.6 Å². The highest BCUT2D eigenvalue weighted by atomic mass is 16.2. The van der Waals surface area contributed by atoms with Crippen LogP contribution in [0.5, 0.6) is 0 Å². The van der Waals surface area contributed by atoms with Crippen LogP contribution in [0.15, 0.2) is 23.9 Å². The fraction of sp³-hybridized carbons (Fsp3) is 0.562. The van der Waals surface area contributed by atoms with Gasteiger partial charge in [0, 0.05) is 38.9 Å². The lowest BCUT2D eigenvalue weighted by atomic mass is 10.0. The van der Waals surface area contributed by atoms with Gasteiger partial charge in [0.15, 0.2) is 5.82 Å². The van der Waals surface area contributed by atoms with Crippen LogP contribution in [0.25, 0.3) is 0 Å². The van der Waals surface area contributed by atoms with E-state index in [-0.39, 0.29) is 11.9 Å². The minimum atomic E-state index is -0.468. The Bertz CT molecular complexity index is 636. The molecular formula is C16H23N5O2. The van der Waals surface area contributed by atoms with Gasteiger partial charge in [-0.3, -0.25) is 14.4 Å². The van der Waals surface area contributed by atoms with E-state index in [1.54, 1.807) is 14.5 Å². The number of amides is 3. The number of aryl methyl sites for hydroxylation is 1. The van der Waals surface area contributed by atoms with Gasteiger partial charge in [-0.2, -0.15) is 5.10 Å². The van der Waals surface area contributed by atoms with Crippen molar-refractivity contribution >= 4 is 17.8 Å². The minimum Gasteiger partial charge on any atom is -0.326 e. The Morgan fingerprint density at radius 1 is 1.39 bits per heavy atom. The van der Waals surface area contributed by atoms with Gasteiger partial charge in [0.05, 0.1) is 0 Å². The number of hydrogen-bond donors (Lipinski definition) is 1. The number of carbonyl (C=O) groups excluding carboxylic acids is 2. The summed E-state index contributed by atoms with van der Waals surface area (Å²) in [6, 6.07) is 1.20. The number of anilines is 1. The summed E-state index contributed by atoms with van der Waals surface area (Å²) >= 11 is 0. The van der Waals surface area contributed by atoms with Crippen molar-refractivity contribution in [3.63, 3.8) is 0 Å². The summed E-state index contributed by atoms with van der Waals surface area (Å²) in [7, 11) is 1.82. The van der Waals surface area contributed by atoms with Crippen LogP contribution in [0, 0.1) is 0 Å². The zero-order valence-corrected chi connectivity index (χ0v) is 13.7. The summed E-state index contributed by atoms with van der Waals surface area (Å²) in [4.78, 5) is 28.5. The van der Waals surface area contributed by atoms with Gasteiger partial charge in [0.1, 0.15) is 6.04 Å². The first kappa shape index (κ1) is 15.6. The number of carbonyl (C=O) groups is 2. The van der Waals surface area contributed by atoms with Gasteiger partial charge < -0.3 is 10.2 Å². The second-order valence-electron chi connectivity index (χ2n) is 6.24. The number of rotatable bonds is 2. The Morgan fingerprint density at radius 3 is 2.91 bits per heavy atom. The average molecular weight is 317 g/mol. The maximum atomic E-state index is 12.6. The predicted octanol–water partition coefficient (Wildman–Crippen LogP) is 1.28. The standard InChI is InChI=1S/C16H23N5O2/c1-12-5-3-8-20(11-12)16(23)17-13-6-4-9-21(15(13)22)14-7-10-19(2)18-14/h5,7,10,13H,3-4,6,8-9,11H2,1-2H3,(H,17,23)/t13-/m0/s1. The average Bonchev–Trinajstić information content (AvgIpc) is 2.95. The van der Waals surface area contributed by atoms with Gasteiger partial charge in [-0.15, -0.1) is 0 Å². The van der Waals surface area contributed by atoms with E-state index in [0.717, 1.165) is 12.8 Å². The van der Waals surface area contributed by atoms with Gasteiger partial charge >= 0.3 is 6.03 Å². The summed E-state index contributed by atoms with van der Waals surface area (Å²) in [5, 5.41) is 7.19. The lowest BCUT2D eigenvalue weighted by molar-refractivity contribution is -0.121. The Kier molecular flexibility index (Phi) is 4.36. The van der Waals surface area contributed by atoms with Crippen LogP contribution < -0.4 is 10.2 Å². The van der Waals surface area contributed by atoms with Crippen LogP contribution >= 0.6 is 0 Å². The van der Waals surface area contributed by atoms with Crippen molar-refractivity contribution in [1.29, 1.82) is 0 Å². The van der Waals surface area contributed by atoms with Crippen molar-refractivity contribution in [2.24, 2.45) is 7.05 Å². The van der Waals surface area contributed by atoms with Crippen molar-refractivity contribution < 1.29 is 9.59 Å². The molecule has 3 rings (SSSR count). The molecule has 0 saturated carbocycles. The van der Waals surface area contributed by atoms with Crippen LogP contribution in [-0.2, 0) is 11.8 Å². The van der Waals surface area contributed by atoms with Crippen molar-refractivity contribution in [1.82, 2.24) is 20.0 Å². The quantitative estimate of drug-likeness (QED) is 0.835. The summed E-state index contributed by atoms with van der Waals surface area (Å²) < 4.78 is 1.67. The van der Waals surface area contributed by atoms with Crippen molar-refractivity contribution in [3.05, 3.63) is 23.9 Å². The van der Waals surface area contributed by atoms with E-state index >= 15 is 0 Å². The topological polar surface area (TPSA) is 70.5 Å². The molecule has 3 amide bonds. The zero-order valence-electron chi connectivity index (χ0n) is 13.7. The molecule has 3 heterocycles. The van der Waals surface area contributed by atoms with Crippen LogP contribution in [-0.4, -0.2) is 52.3 Å².